The van der Waals surface area contributed by atoms with Crippen LogP contribution < -0.4 is 5.32 Å². The molecule has 0 unspecified atom stereocenters. The second kappa shape index (κ2) is 11.7. The van der Waals surface area contributed by atoms with Crippen LogP contribution >= 0.6 is 11.8 Å². The van der Waals surface area contributed by atoms with E-state index >= 15 is 0 Å². The lowest BCUT2D eigenvalue weighted by Crippen LogP contribution is -2.53. The summed E-state index contributed by atoms with van der Waals surface area (Å²) in [6.07, 6.45) is 9.55. The average molecular weight is 410 g/mol. The third kappa shape index (κ3) is 6.53. The van der Waals surface area contributed by atoms with Gasteiger partial charge in [0.1, 0.15) is 0 Å². The van der Waals surface area contributed by atoms with Crippen LogP contribution in [0.1, 0.15) is 58.8 Å². The first-order chi connectivity index (χ1) is 13.7. The summed E-state index contributed by atoms with van der Waals surface area (Å²) in [4.78, 5) is 12.8. The van der Waals surface area contributed by atoms with Crippen LogP contribution in [0.3, 0.4) is 0 Å². The molecule has 5 nitrogen and oxygen atoms in total. The van der Waals surface area contributed by atoms with Crippen LogP contribution in [0.4, 0.5) is 0 Å². The van der Waals surface area contributed by atoms with Crippen molar-refractivity contribution in [3.05, 3.63) is 0 Å². The smallest absolute Gasteiger partial charge is 0.193 e. The van der Waals surface area contributed by atoms with Crippen molar-refractivity contribution < 1.29 is 0 Å². The molecule has 1 spiro atoms. The van der Waals surface area contributed by atoms with E-state index < -0.39 is 0 Å². The number of likely N-dealkylation sites (N-methyl/N-ethyl adjacent to an activating group) is 1. The first kappa shape index (κ1) is 22.2. The molecule has 0 aromatic heterocycles. The Bertz CT molecular complexity index is 464. The van der Waals surface area contributed by atoms with Crippen LogP contribution in [0.15, 0.2) is 4.99 Å². The van der Waals surface area contributed by atoms with Gasteiger partial charge in [-0.1, -0.05) is 26.2 Å². The van der Waals surface area contributed by atoms with Gasteiger partial charge in [-0.25, -0.2) is 0 Å². The van der Waals surface area contributed by atoms with Gasteiger partial charge in [-0.15, -0.1) is 0 Å². The second-order valence-electron chi connectivity index (χ2n) is 8.73. The fourth-order valence-electron chi connectivity index (χ4n) is 4.91. The molecule has 1 N–H and O–H groups in total. The highest BCUT2D eigenvalue weighted by molar-refractivity contribution is 8.00. The Morgan fingerprint density at radius 2 is 1.71 bits per heavy atom. The minimum absolute atomic E-state index is 0.507. The summed E-state index contributed by atoms with van der Waals surface area (Å²) in [5.74, 6) is 2.43. The Morgan fingerprint density at radius 3 is 2.43 bits per heavy atom. The van der Waals surface area contributed by atoms with Crippen molar-refractivity contribution in [1.29, 1.82) is 0 Å². The van der Waals surface area contributed by atoms with E-state index in [2.05, 4.69) is 45.6 Å². The van der Waals surface area contributed by atoms with Crippen molar-refractivity contribution >= 4 is 17.7 Å². The van der Waals surface area contributed by atoms with Gasteiger partial charge < -0.3 is 20.0 Å². The van der Waals surface area contributed by atoms with Crippen LogP contribution in [-0.4, -0.2) is 96.6 Å². The van der Waals surface area contributed by atoms with E-state index in [-0.39, 0.29) is 0 Å². The van der Waals surface area contributed by atoms with E-state index in [1.807, 2.05) is 0 Å². The molecule has 0 aromatic rings. The van der Waals surface area contributed by atoms with E-state index in [9.17, 15) is 0 Å². The standard InChI is InChI=1S/C22H43N5S/c1-3-23-21(27-18-19-28-22(20-27)10-6-5-7-11-22)24-12-8-9-13-26-16-14-25(4-2)15-17-26/h3-20H2,1-2H3,(H,23,24). The van der Waals surface area contributed by atoms with Crippen molar-refractivity contribution in [2.24, 2.45) is 4.99 Å². The number of hydrogen-bond donors (Lipinski definition) is 1. The molecule has 28 heavy (non-hydrogen) atoms. The lowest BCUT2D eigenvalue weighted by Gasteiger charge is -2.45. The summed E-state index contributed by atoms with van der Waals surface area (Å²) in [5.41, 5.74) is 0. The fourth-order valence-corrected chi connectivity index (χ4v) is 6.48. The molecule has 3 fully saturated rings. The summed E-state index contributed by atoms with van der Waals surface area (Å²) in [5, 5.41) is 3.58. The third-order valence-electron chi connectivity index (χ3n) is 6.70. The van der Waals surface area contributed by atoms with Crippen molar-refractivity contribution in [2.75, 3.05) is 71.2 Å². The third-order valence-corrected chi connectivity index (χ3v) is 8.24. The molecule has 3 aliphatic rings. The second-order valence-corrected chi connectivity index (χ2v) is 10.3. The Labute approximate surface area is 177 Å². The lowest BCUT2D eigenvalue weighted by molar-refractivity contribution is 0.136. The average Bonchev–Trinajstić information content (AvgIpc) is 2.74. The zero-order valence-corrected chi connectivity index (χ0v) is 19.2. The summed E-state index contributed by atoms with van der Waals surface area (Å²) in [6.45, 7) is 16.2. The summed E-state index contributed by atoms with van der Waals surface area (Å²) in [7, 11) is 0. The van der Waals surface area contributed by atoms with Crippen LogP contribution in [0, 0.1) is 0 Å². The molecule has 0 bridgehead atoms. The number of unbranched alkanes of at least 4 members (excludes halogenated alkanes) is 1. The topological polar surface area (TPSA) is 34.1 Å². The number of thioether (sulfide) groups is 1. The van der Waals surface area contributed by atoms with Crippen molar-refractivity contribution in [1.82, 2.24) is 20.0 Å². The van der Waals surface area contributed by atoms with Gasteiger partial charge in [0.25, 0.3) is 0 Å². The van der Waals surface area contributed by atoms with Gasteiger partial charge in [0, 0.05) is 62.9 Å². The molecular formula is C22H43N5S. The van der Waals surface area contributed by atoms with Crippen molar-refractivity contribution in [3.8, 4) is 0 Å². The number of rotatable bonds is 7. The van der Waals surface area contributed by atoms with E-state index in [1.165, 1.54) is 102 Å². The predicted molar refractivity (Wildman–Crippen MR) is 124 cm³/mol. The minimum atomic E-state index is 0.507. The first-order valence-electron chi connectivity index (χ1n) is 11.9. The lowest BCUT2D eigenvalue weighted by atomic mass is 9.87. The highest BCUT2D eigenvalue weighted by Crippen LogP contribution is 2.42. The van der Waals surface area contributed by atoms with Gasteiger partial charge in [0.15, 0.2) is 5.96 Å². The predicted octanol–water partition coefficient (Wildman–Crippen LogP) is 3.12. The van der Waals surface area contributed by atoms with Crippen LogP contribution in [0.5, 0.6) is 0 Å². The van der Waals surface area contributed by atoms with E-state index in [1.54, 1.807) is 0 Å². The maximum atomic E-state index is 5.02. The molecule has 0 amide bonds. The molecular weight excluding hydrogens is 366 g/mol. The van der Waals surface area contributed by atoms with E-state index in [4.69, 9.17) is 4.99 Å². The zero-order valence-electron chi connectivity index (χ0n) is 18.4. The Hall–Kier alpha value is -0.460. The minimum Gasteiger partial charge on any atom is -0.357 e. The molecule has 162 valence electrons. The molecule has 3 rings (SSSR count). The van der Waals surface area contributed by atoms with Gasteiger partial charge in [-0.2, -0.15) is 11.8 Å². The normalized spacial score (nSPS) is 24.6. The van der Waals surface area contributed by atoms with Crippen LogP contribution in [-0.2, 0) is 0 Å². The van der Waals surface area contributed by atoms with Gasteiger partial charge in [0.05, 0.1) is 0 Å². The van der Waals surface area contributed by atoms with Gasteiger partial charge in [-0.3, -0.25) is 4.99 Å². The summed E-state index contributed by atoms with van der Waals surface area (Å²) >= 11 is 2.24. The molecule has 2 aliphatic heterocycles. The monoisotopic (exact) mass is 409 g/mol. The van der Waals surface area contributed by atoms with Gasteiger partial charge in [-0.05, 0) is 45.7 Å². The van der Waals surface area contributed by atoms with Gasteiger partial charge in [0.2, 0.25) is 0 Å². The molecule has 2 saturated heterocycles. The molecule has 0 aromatic carbocycles. The zero-order chi connectivity index (χ0) is 19.7. The first-order valence-corrected chi connectivity index (χ1v) is 12.9. The summed E-state index contributed by atoms with van der Waals surface area (Å²) < 4.78 is 0.507. The van der Waals surface area contributed by atoms with Crippen molar-refractivity contribution in [2.45, 2.75) is 63.5 Å². The molecule has 6 heteroatoms. The molecule has 2 heterocycles. The number of guanidine groups is 1. The number of aliphatic imine (C=N–C) groups is 1. The summed E-state index contributed by atoms with van der Waals surface area (Å²) in [6, 6.07) is 0. The molecule has 0 atom stereocenters. The quantitative estimate of drug-likeness (QED) is 0.397. The van der Waals surface area contributed by atoms with Crippen LogP contribution in [0.2, 0.25) is 0 Å². The fraction of sp³-hybridized carbons (Fsp3) is 0.955. The highest BCUT2D eigenvalue weighted by Gasteiger charge is 2.38. The Balaban J connectivity index is 1.41. The number of hydrogen-bond acceptors (Lipinski definition) is 4. The van der Waals surface area contributed by atoms with Crippen molar-refractivity contribution in [3.63, 3.8) is 0 Å². The van der Waals surface area contributed by atoms with E-state index in [0.717, 1.165) is 19.6 Å². The Morgan fingerprint density at radius 1 is 0.964 bits per heavy atom. The molecule has 1 aliphatic carbocycles. The Kier molecular flexibility index (Phi) is 9.25. The number of nitrogens with zero attached hydrogens (tertiary/aromatic N) is 4. The van der Waals surface area contributed by atoms with Crippen LogP contribution in [0.25, 0.3) is 0 Å². The molecule has 1 saturated carbocycles. The maximum Gasteiger partial charge on any atom is 0.193 e. The largest absolute Gasteiger partial charge is 0.357 e. The molecule has 0 radical (unpaired) electrons. The van der Waals surface area contributed by atoms with E-state index in [0.29, 0.717) is 4.75 Å². The number of piperazine rings is 1. The SMILES string of the molecule is CCNC(=NCCCCN1CCN(CC)CC1)N1CCSC2(CCCCC2)C1. The maximum absolute atomic E-state index is 5.02. The highest BCUT2D eigenvalue weighted by atomic mass is 32.2. The number of nitrogens with one attached hydrogen (secondary N) is 1. The van der Waals surface area contributed by atoms with Gasteiger partial charge >= 0.3 is 0 Å².